The van der Waals surface area contributed by atoms with Gasteiger partial charge in [0.1, 0.15) is 11.9 Å². The molecule has 0 aliphatic heterocycles. The molecule has 0 aliphatic carbocycles. The van der Waals surface area contributed by atoms with Gasteiger partial charge in [-0.05, 0) is 47.7 Å². The SMILES string of the molecule is CC(C)CNC(=O)[C@H](Cc1ccccc1)N(Cc1ccc(F)cc1)C(=O)CCCN(c1ccccc1)S(C)(=O)=O. The van der Waals surface area contributed by atoms with Gasteiger partial charge in [0.15, 0.2) is 0 Å². The highest BCUT2D eigenvalue weighted by molar-refractivity contribution is 7.92. The minimum atomic E-state index is -3.57. The Hall–Kier alpha value is -3.72. The summed E-state index contributed by atoms with van der Waals surface area (Å²) >= 11 is 0. The smallest absolute Gasteiger partial charge is 0.243 e. The van der Waals surface area contributed by atoms with E-state index in [9.17, 15) is 22.4 Å². The van der Waals surface area contributed by atoms with Crippen molar-refractivity contribution in [3.63, 3.8) is 0 Å². The third-order valence-electron chi connectivity index (χ3n) is 6.42. The molecule has 0 unspecified atom stereocenters. The van der Waals surface area contributed by atoms with Crippen molar-refractivity contribution in [1.29, 1.82) is 0 Å². The number of nitrogens with one attached hydrogen (secondary N) is 1. The van der Waals surface area contributed by atoms with E-state index < -0.39 is 16.1 Å². The molecule has 0 radical (unpaired) electrons. The first-order valence-electron chi connectivity index (χ1n) is 13.4. The normalized spacial score (nSPS) is 12.1. The van der Waals surface area contributed by atoms with Gasteiger partial charge in [0.25, 0.3) is 0 Å². The fourth-order valence-electron chi connectivity index (χ4n) is 4.36. The number of anilines is 1. The Morgan fingerprint density at radius 3 is 2.05 bits per heavy atom. The second-order valence-electron chi connectivity index (χ2n) is 10.3. The first-order valence-corrected chi connectivity index (χ1v) is 15.3. The number of hydrogen-bond acceptors (Lipinski definition) is 4. The molecule has 7 nitrogen and oxygen atoms in total. The van der Waals surface area contributed by atoms with Crippen molar-refractivity contribution >= 4 is 27.5 Å². The number of hydrogen-bond donors (Lipinski definition) is 1. The second-order valence-corrected chi connectivity index (χ2v) is 12.2. The number of carbonyl (C=O) groups is 2. The highest BCUT2D eigenvalue weighted by Gasteiger charge is 2.30. The molecule has 214 valence electrons. The van der Waals surface area contributed by atoms with Crippen LogP contribution in [0.1, 0.15) is 37.8 Å². The second kappa shape index (κ2) is 14.6. The lowest BCUT2D eigenvalue weighted by atomic mass is 10.0. The maximum Gasteiger partial charge on any atom is 0.243 e. The Bertz CT molecular complexity index is 1330. The lowest BCUT2D eigenvalue weighted by Gasteiger charge is -2.32. The van der Waals surface area contributed by atoms with Crippen LogP contribution in [0.2, 0.25) is 0 Å². The number of nitrogens with zero attached hydrogens (tertiary/aromatic N) is 2. The van der Waals surface area contributed by atoms with E-state index in [-0.39, 0.29) is 49.5 Å². The third-order valence-corrected chi connectivity index (χ3v) is 7.61. The van der Waals surface area contributed by atoms with E-state index in [1.165, 1.54) is 21.3 Å². The number of benzene rings is 3. The predicted molar refractivity (Wildman–Crippen MR) is 157 cm³/mol. The molecule has 9 heteroatoms. The third kappa shape index (κ3) is 9.48. The van der Waals surface area contributed by atoms with Gasteiger partial charge in [-0.3, -0.25) is 13.9 Å². The number of rotatable bonds is 14. The summed E-state index contributed by atoms with van der Waals surface area (Å²) < 4.78 is 39.9. The number of sulfonamides is 1. The van der Waals surface area contributed by atoms with Crippen LogP contribution in [0.5, 0.6) is 0 Å². The van der Waals surface area contributed by atoms with Gasteiger partial charge in [0, 0.05) is 32.5 Å². The topological polar surface area (TPSA) is 86.8 Å². The zero-order valence-corrected chi connectivity index (χ0v) is 24.1. The summed E-state index contributed by atoms with van der Waals surface area (Å²) in [7, 11) is -3.57. The van der Waals surface area contributed by atoms with Crippen LogP contribution >= 0.6 is 0 Å². The fraction of sp³-hybridized carbons (Fsp3) is 0.355. The molecule has 0 bridgehead atoms. The van der Waals surface area contributed by atoms with Crippen molar-refractivity contribution in [2.45, 2.75) is 45.7 Å². The van der Waals surface area contributed by atoms with Gasteiger partial charge in [0.05, 0.1) is 11.9 Å². The summed E-state index contributed by atoms with van der Waals surface area (Å²) in [6, 6.07) is 23.2. The van der Waals surface area contributed by atoms with Crippen molar-refractivity contribution in [3.8, 4) is 0 Å². The Labute approximate surface area is 237 Å². The highest BCUT2D eigenvalue weighted by Crippen LogP contribution is 2.20. The van der Waals surface area contributed by atoms with E-state index in [1.807, 2.05) is 44.2 Å². The molecule has 3 aromatic rings. The lowest BCUT2D eigenvalue weighted by Crippen LogP contribution is -2.51. The highest BCUT2D eigenvalue weighted by atomic mass is 32.2. The van der Waals surface area contributed by atoms with Crippen molar-refractivity contribution < 1.29 is 22.4 Å². The largest absolute Gasteiger partial charge is 0.354 e. The summed E-state index contributed by atoms with van der Waals surface area (Å²) in [6.07, 6.45) is 1.73. The van der Waals surface area contributed by atoms with Crippen LogP contribution in [0.25, 0.3) is 0 Å². The van der Waals surface area contributed by atoms with Gasteiger partial charge in [-0.2, -0.15) is 0 Å². The molecular weight excluding hydrogens is 529 g/mol. The van der Waals surface area contributed by atoms with Crippen LogP contribution in [-0.4, -0.2) is 50.5 Å². The lowest BCUT2D eigenvalue weighted by molar-refractivity contribution is -0.141. The summed E-state index contributed by atoms with van der Waals surface area (Å²) in [6.45, 7) is 4.67. The van der Waals surface area contributed by atoms with Gasteiger partial charge >= 0.3 is 0 Å². The number of halogens is 1. The molecule has 0 heterocycles. The number of amides is 2. The Kier molecular flexibility index (Phi) is 11.3. The van der Waals surface area contributed by atoms with Gasteiger partial charge in [0.2, 0.25) is 21.8 Å². The van der Waals surface area contributed by atoms with E-state index in [4.69, 9.17) is 0 Å². The molecular formula is C31H38FN3O4S. The first-order chi connectivity index (χ1) is 19.0. The zero-order chi connectivity index (χ0) is 29.1. The predicted octanol–water partition coefficient (Wildman–Crippen LogP) is 4.78. The maximum atomic E-state index is 13.8. The molecule has 0 fully saturated rings. The molecule has 2 amide bonds. The van der Waals surface area contributed by atoms with E-state index in [0.29, 0.717) is 24.2 Å². The maximum absolute atomic E-state index is 13.8. The minimum absolute atomic E-state index is 0.0306. The van der Waals surface area contributed by atoms with Crippen LogP contribution in [-0.2, 0) is 32.6 Å². The van der Waals surface area contributed by atoms with Crippen molar-refractivity contribution in [2.24, 2.45) is 5.92 Å². The molecule has 3 aromatic carbocycles. The quantitative estimate of drug-likeness (QED) is 0.304. The van der Waals surface area contributed by atoms with Gasteiger partial charge < -0.3 is 10.2 Å². The van der Waals surface area contributed by atoms with Crippen molar-refractivity contribution in [2.75, 3.05) is 23.7 Å². The molecule has 1 atom stereocenters. The van der Waals surface area contributed by atoms with Crippen LogP contribution < -0.4 is 9.62 Å². The molecule has 0 saturated heterocycles. The molecule has 40 heavy (non-hydrogen) atoms. The average Bonchev–Trinajstić information content (AvgIpc) is 2.93. The summed E-state index contributed by atoms with van der Waals surface area (Å²) in [5.74, 6) is -0.719. The van der Waals surface area contributed by atoms with E-state index in [2.05, 4.69) is 5.32 Å². The Balaban J connectivity index is 1.86. The van der Waals surface area contributed by atoms with Gasteiger partial charge in [-0.15, -0.1) is 0 Å². The Morgan fingerprint density at radius 1 is 0.875 bits per heavy atom. The van der Waals surface area contributed by atoms with Crippen molar-refractivity contribution in [1.82, 2.24) is 10.2 Å². The average molecular weight is 568 g/mol. The van der Waals surface area contributed by atoms with Crippen LogP contribution in [0.4, 0.5) is 10.1 Å². The molecule has 0 aromatic heterocycles. The van der Waals surface area contributed by atoms with E-state index >= 15 is 0 Å². The zero-order valence-electron chi connectivity index (χ0n) is 23.3. The summed E-state index contributed by atoms with van der Waals surface area (Å²) in [5.41, 5.74) is 2.11. The summed E-state index contributed by atoms with van der Waals surface area (Å²) in [5, 5.41) is 2.97. The van der Waals surface area contributed by atoms with E-state index in [0.717, 1.165) is 11.8 Å². The molecule has 0 saturated carbocycles. The monoisotopic (exact) mass is 567 g/mol. The Morgan fingerprint density at radius 2 is 1.48 bits per heavy atom. The molecule has 1 N–H and O–H groups in total. The van der Waals surface area contributed by atoms with Crippen molar-refractivity contribution in [3.05, 3.63) is 102 Å². The standard InChI is InChI=1S/C31H38FN3O4S/c1-24(2)22-33-31(37)29(21-25-11-6-4-7-12-25)34(23-26-16-18-27(32)19-17-26)30(36)15-10-20-35(40(3,38)39)28-13-8-5-9-14-28/h4-9,11-14,16-19,24,29H,10,15,20-23H2,1-3H3,(H,33,37)/t29-/m0/s1. The van der Waals surface area contributed by atoms with E-state index in [1.54, 1.807) is 42.5 Å². The van der Waals surface area contributed by atoms with Gasteiger partial charge in [-0.25, -0.2) is 12.8 Å². The molecule has 0 spiro atoms. The number of carbonyl (C=O) groups excluding carboxylic acids is 2. The molecule has 3 rings (SSSR count). The van der Waals surface area contributed by atoms with Crippen LogP contribution in [0.15, 0.2) is 84.9 Å². The fourth-order valence-corrected chi connectivity index (χ4v) is 5.33. The van der Waals surface area contributed by atoms with Gasteiger partial charge in [-0.1, -0.05) is 74.5 Å². The minimum Gasteiger partial charge on any atom is -0.354 e. The first kappa shape index (κ1) is 30.8. The molecule has 0 aliphatic rings. The summed E-state index contributed by atoms with van der Waals surface area (Å²) in [4.78, 5) is 28.8. The van der Waals surface area contributed by atoms with Crippen LogP contribution in [0, 0.1) is 11.7 Å². The van der Waals surface area contributed by atoms with Crippen LogP contribution in [0.3, 0.4) is 0 Å². The number of para-hydroxylation sites is 1.